The second kappa shape index (κ2) is 6.80. The average Bonchev–Trinajstić information content (AvgIpc) is 2.18. The fraction of sp³-hybridized carbons (Fsp3) is 0.909. The number of carbonyl (C=O) groups is 1. The number of rotatable bonds is 5. The number of amides is 1. The standard InChI is InChI=1S/C11H23N3O/c1-14(2)8-7-13-11(15)9-10-3-5-12-6-4-10/h10,12H,3-9H2,1-2H3,(H,13,15). The highest BCUT2D eigenvalue weighted by atomic mass is 16.1. The highest BCUT2D eigenvalue weighted by Gasteiger charge is 2.16. The first-order valence-electron chi connectivity index (χ1n) is 5.80. The lowest BCUT2D eigenvalue weighted by molar-refractivity contribution is -0.122. The number of hydrogen-bond acceptors (Lipinski definition) is 3. The van der Waals surface area contributed by atoms with Crippen molar-refractivity contribution in [2.75, 3.05) is 40.3 Å². The molecule has 1 amide bonds. The quantitative estimate of drug-likeness (QED) is 0.678. The van der Waals surface area contributed by atoms with Crippen molar-refractivity contribution in [3.63, 3.8) is 0 Å². The minimum atomic E-state index is 0.212. The molecule has 0 atom stereocenters. The van der Waals surface area contributed by atoms with Gasteiger partial charge in [-0.1, -0.05) is 0 Å². The van der Waals surface area contributed by atoms with Gasteiger partial charge in [-0.05, 0) is 45.9 Å². The van der Waals surface area contributed by atoms with E-state index in [2.05, 4.69) is 15.5 Å². The molecule has 0 spiro atoms. The second-order valence-electron chi connectivity index (χ2n) is 4.55. The van der Waals surface area contributed by atoms with E-state index in [0.29, 0.717) is 12.3 Å². The van der Waals surface area contributed by atoms with Crippen LogP contribution in [0.4, 0.5) is 0 Å². The Bertz CT molecular complexity index is 188. The van der Waals surface area contributed by atoms with Gasteiger partial charge < -0.3 is 15.5 Å². The van der Waals surface area contributed by atoms with Crippen LogP contribution in [-0.4, -0.2) is 51.1 Å². The Morgan fingerprint density at radius 1 is 1.40 bits per heavy atom. The molecule has 1 aliphatic rings. The molecule has 1 heterocycles. The third kappa shape index (κ3) is 5.74. The summed E-state index contributed by atoms with van der Waals surface area (Å²) < 4.78 is 0. The topological polar surface area (TPSA) is 44.4 Å². The van der Waals surface area contributed by atoms with Crippen molar-refractivity contribution in [1.82, 2.24) is 15.5 Å². The zero-order valence-electron chi connectivity index (χ0n) is 9.88. The molecular weight excluding hydrogens is 190 g/mol. The zero-order valence-corrected chi connectivity index (χ0v) is 9.88. The normalized spacial score (nSPS) is 18.1. The van der Waals surface area contributed by atoms with Crippen LogP contribution in [0.25, 0.3) is 0 Å². The molecular formula is C11H23N3O. The smallest absolute Gasteiger partial charge is 0.220 e. The fourth-order valence-corrected chi connectivity index (χ4v) is 1.84. The van der Waals surface area contributed by atoms with E-state index in [9.17, 15) is 4.79 Å². The first-order chi connectivity index (χ1) is 7.18. The Morgan fingerprint density at radius 3 is 2.67 bits per heavy atom. The van der Waals surface area contributed by atoms with Crippen LogP contribution >= 0.6 is 0 Å². The van der Waals surface area contributed by atoms with Crippen molar-refractivity contribution < 1.29 is 4.79 Å². The maximum Gasteiger partial charge on any atom is 0.220 e. The third-order valence-electron chi connectivity index (χ3n) is 2.81. The van der Waals surface area contributed by atoms with Crippen LogP contribution in [0.3, 0.4) is 0 Å². The van der Waals surface area contributed by atoms with E-state index in [1.54, 1.807) is 0 Å². The van der Waals surface area contributed by atoms with Crippen LogP contribution in [0.15, 0.2) is 0 Å². The van der Waals surface area contributed by atoms with Gasteiger partial charge in [0.1, 0.15) is 0 Å². The van der Waals surface area contributed by atoms with Gasteiger partial charge in [0, 0.05) is 19.5 Å². The number of hydrogen-bond donors (Lipinski definition) is 2. The summed E-state index contributed by atoms with van der Waals surface area (Å²) in [5, 5.41) is 6.27. The zero-order chi connectivity index (χ0) is 11.1. The molecule has 0 aliphatic carbocycles. The van der Waals surface area contributed by atoms with E-state index >= 15 is 0 Å². The Morgan fingerprint density at radius 2 is 2.07 bits per heavy atom. The lowest BCUT2D eigenvalue weighted by Crippen LogP contribution is -2.35. The van der Waals surface area contributed by atoms with E-state index < -0.39 is 0 Å². The summed E-state index contributed by atoms with van der Waals surface area (Å²) in [4.78, 5) is 13.6. The largest absolute Gasteiger partial charge is 0.355 e. The van der Waals surface area contributed by atoms with Crippen LogP contribution in [0.2, 0.25) is 0 Å². The summed E-state index contributed by atoms with van der Waals surface area (Å²) in [5.74, 6) is 0.800. The van der Waals surface area contributed by atoms with Gasteiger partial charge in [0.15, 0.2) is 0 Å². The van der Waals surface area contributed by atoms with Crippen LogP contribution in [0, 0.1) is 5.92 Å². The molecule has 0 aromatic rings. The molecule has 15 heavy (non-hydrogen) atoms. The number of likely N-dealkylation sites (N-methyl/N-ethyl adjacent to an activating group) is 1. The molecule has 0 radical (unpaired) electrons. The lowest BCUT2D eigenvalue weighted by Gasteiger charge is -2.22. The van der Waals surface area contributed by atoms with Crippen molar-refractivity contribution in [2.45, 2.75) is 19.3 Å². The summed E-state index contributed by atoms with van der Waals surface area (Å²) >= 11 is 0. The van der Waals surface area contributed by atoms with E-state index in [1.165, 1.54) is 0 Å². The van der Waals surface area contributed by atoms with Crippen molar-refractivity contribution in [1.29, 1.82) is 0 Å². The van der Waals surface area contributed by atoms with Crippen LogP contribution in [0.5, 0.6) is 0 Å². The molecule has 1 fully saturated rings. The number of nitrogens with zero attached hydrogens (tertiary/aromatic N) is 1. The fourth-order valence-electron chi connectivity index (χ4n) is 1.84. The molecule has 2 N–H and O–H groups in total. The maximum absolute atomic E-state index is 11.5. The number of carbonyl (C=O) groups excluding carboxylic acids is 1. The van der Waals surface area contributed by atoms with E-state index in [1.807, 2.05) is 14.1 Å². The monoisotopic (exact) mass is 213 g/mol. The molecule has 0 bridgehead atoms. The van der Waals surface area contributed by atoms with Crippen molar-refractivity contribution in [3.8, 4) is 0 Å². The molecule has 4 nitrogen and oxygen atoms in total. The highest BCUT2D eigenvalue weighted by molar-refractivity contribution is 5.76. The Labute approximate surface area is 92.4 Å². The first-order valence-corrected chi connectivity index (χ1v) is 5.80. The lowest BCUT2D eigenvalue weighted by atomic mass is 9.94. The Hall–Kier alpha value is -0.610. The van der Waals surface area contributed by atoms with Crippen molar-refractivity contribution >= 4 is 5.91 Å². The molecule has 0 saturated carbocycles. The van der Waals surface area contributed by atoms with Gasteiger partial charge in [-0.2, -0.15) is 0 Å². The summed E-state index contributed by atoms with van der Waals surface area (Å²) in [6, 6.07) is 0. The predicted octanol–water partition coefficient (Wildman–Crippen LogP) is 0.0539. The van der Waals surface area contributed by atoms with Gasteiger partial charge in [-0.3, -0.25) is 4.79 Å². The molecule has 1 saturated heterocycles. The van der Waals surface area contributed by atoms with Crippen molar-refractivity contribution in [3.05, 3.63) is 0 Å². The molecule has 0 aromatic heterocycles. The van der Waals surface area contributed by atoms with Gasteiger partial charge >= 0.3 is 0 Å². The average molecular weight is 213 g/mol. The molecule has 88 valence electrons. The number of nitrogens with one attached hydrogen (secondary N) is 2. The van der Waals surface area contributed by atoms with Gasteiger partial charge in [-0.25, -0.2) is 0 Å². The Balaban J connectivity index is 2.06. The van der Waals surface area contributed by atoms with Crippen LogP contribution < -0.4 is 10.6 Å². The van der Waals surface area contributed by atoms with E-state index in [4.69, 9.17) is 0 Å². The summed E-state index contributed by atoms with van der Waals surface area (Å²) in [5.41, 5.74) is 0. The van der Waals surface area contributed by atoms with Gasteiger partial charge in [-0.15, -0.1) is 0 Å². The van der Waals surface area contributed by atoms with Crippen molar-refractivity contribution in [2.24, 2.45) is 5.92 Å². The van der Waals surface area contributed by atoms with Gasteiger partial charge in [0.05, 0.1) is 0 Å². The van der Waals surface area contributed by atoms with Gasteiger partial charge in [0.2, 0.25) is 5.91 Å². The van der Waals surface area contributed by atoms with Gasteiger partial charge in [0.25, 0.3) is 0 Å². The molecule has 0 aromatic carbocycles. The maximum atomic E-state index is 11.5. The predicted molar refractivity (Wildman–Crippen MR) is 61.8 cm³/mol. The molecule has 1 rings (SSSR count). The summed E-state index contributed by atoms with van der Waals surface area (Å²) in [6.07, 6.45) is 2.98. The molecule has 0 unspecified atom stereocenters. The van der Waals surface area contributed by atoms with E-state index in [-0.39, 0.29) is 5.91 Å². The van der Waals surface area contributed by atoms with E-state index in [0.717, 1.165) is 39.0 Å². The molecule has 4 heteroatoms. The minimum absolute atomic E-state index is 0.212. The third-order valence-corrected chi connectivity index (χ3v) is 2.81. The van der Waals surface area contributed by atoms with Crippen LogP contribution in [0.1, 0.15) is 19.3 Å². The first kappa shape index (κ1) is 12.5. The summed E-state index contributed by atoms with van der Waals surface area (Å²) in [7, 11) is 4.03. The molecule has 1 aliphatic heterocycles. The second-order valence-corrected chi connectivity index (χ2v) is 4.55. The highest BCUT2D eigenvalue weighted by Crippen LogP contribution is 2.15. The SMILES string of the molecule is CN(C)CCNC(=O)CC1CCNCC1. The minimum Gasteiger partial charge on any atom is -0.355 e. The Kier molecular flexibility index (Phi) is 5.65. The van der Waals surface area contributed by atoms with Crippen LogP contribution in [-0.2, 0) is 4.79 Å². The number of piperidine rings is 1. The summed E-state index contributed by atoms with van der Waals surface area (Å²) in [6.45, 7) is 3.81.